The number of nitrogens with zero attached hydrogens (tertiary/aromatic N) is 1. The quantitative estimate of drug-likeness (QED) is 0.696. The average Bonchev–Trinajstić information content (AvgIpc) is 2.76. The van der Waals surface area contributed by atoms with Crippen molar-refractivity contribution in [3.63, 3.8) is 0 Å². The fourth-order valence-electron chi connectivity index (χ4n) is 3.42. The van der Waals surface area contributed by atoms with E-state index in [0.717, 1.165) is 12.0 Å². The Morgan fingerprint density at radius 2 is 1.59 bits per heavy atom. The SMILES string of the molecule is COc1cc(C(=O)O[C@H](C)C(=O)N2CCc3ccccc3C2)cc(OC)c1OC. The third-order valence-corrected chi connectivity index (χ3v) is 4.97. The zero-order valence-electron chi connectivity index (χ0n) is 17.1. The lowest BCUT2D eigenvalue weighted by Gasteiger charge is -2.30. The summed E-state index contributed by atoms with van der Waals surface area (Å²) in [6, 6.07) is 11.0. The molecule has 0 saturated heterocycles. The van der Waals surface area contributed by atoms with Crippen LogP contribution in [0.25, 0.3) is 0 Å². The van der Waals surface area contributed by atoms with Crippen LogP contribution in [-0.2, 0) is 22.5 Å². The lowest BCUT2D eigenvalue weighted by Crippen LogP contribution is -2.42. The van der Waals surface area contributed by atoms with Gasteiger partial charge in [0.25, 0.3) is 5.91 Å². The Kier molecular flexibility index (Phi) is 6.26. The smallest absolute Gasteiger partial charge is 0.339 e. The second-order valence-electron chi connectivity index (χ2n) is 6.74. The van der Waals surface area contributed by atoms with Crippen molar-refractivity contribution < 1.29 is 28.5 Å². The van der Waals surface area contributed by atoms with Crippen molar-refractivity contribution in [2.75, 3.05) is 27.9 Å². The molecular formula is C22H25NO6. The van der Waals surface area contributed by atoms with Crippen LogP contribution in [0.15, 0.2) is 36.4 Å². The van der Waals surface area contributed by atoms with Crippen molar-refractivity contribution in [1.82, 2.24) is 4.90 Å². The minimum Gasteiger partial charge on any atom is -0.493 e. The largest absolute Gasteiger partial charge is 0.493 e. The summed E-state index contributed by atoms with van der Waals surface area (Å²) in [5.41, 5.74) is 2.58. The number of carbonyl (C=O) groups is 2. The van der Waals surface area contributed by atoms with Crippen molar-refractivity contribution in [1.29, 1.82) is 0 Å². The van der Waals surface area contributed by atoms with Gasteiger partial charge < -0.3 is 23.8 Å². The van der Waals surface area contributed by atoms with Gasteiger partial charge in [-0.1, -0.05) is 24.3 Å². The molecule has 1 aliphatic heterocycles. The highest BCUT2D eigenvalue weighted by molar-refractivity contribution is 5.93. The summed E-state index contributed by atoms with van der Waals surface area (Å²) >= 11 is 0. The molecule has 0 fully saturated rings. The van der Waals surface area contributed by atoms with Gasteiger partial charge in [-0.05, 0) is 36.6 Å². The van der Waals surface area contributed by atoms with Crippen molar-refractivity contribution in [2.24, 2.45) is 0 Å². The molecule has 2 aromatic rings. The maximum absolute atomic E-state index is 12.8. The zero-order valence-corrected chi connectivity index (χ0v) is 17.1. The molecule has 0 unspecified atom stereocenters. The molecule has 1 atom stereocenters. The molecule has 7 heteroatoms. The normalized spacial score (nSPS) is 13.9. The van der Waals surface area contributed by atoms with Gasteiger partial charge in [0.2, 0.25) is 5.75 Å². The summed E-state index contributed by atoms with van der Waals surface area (Å²) in [5.74, 6) is 0.196. The second kappa shape index (κ2) is 8.86. The van der Waals surface area contributed by atoms with Gasteiger partial charge in [-0.2, -0.15) is 0 Å². The third kappa shape index (κ3) is 4.29. The van der Waals surface area contributed by atoms with Crippen LogP contribution < -0.4 is 14.2 Å². The lowest BCUT2D eigenvalue weighted by atomic mass is 9.99. The van der Waals surface area contributed by atoms with E-state index in [1.807, 2.05) is 18.2 Å². The molecule has 0 N–H and O–H groups in total. The number of hydrogen-bond acceptors (Lipinski definition) is 6. The Balaban J connectivity index is 1.71. The Morgan fingerprint density at radius 3 is 2.17 bits per heavy atom. The van der Waals surface area contributed by atoms with Crippen LogP contribution in [0.3, 0.4) is 0 Å². The first-order valence-electron chi connectivity index (χ1n) is 9.35. The Hall–Kier alpha value is -3.22. The van der Waals surface area contributed by atoms with Crippen LogP contribution >= 0.6 is 0 Å². The first-order valence-corrected chi connectivity index (χ1v) is 9.35. The molecule has 1 amide bonds. The molecule has 7 nitrogen and oxygen atoms in total. The van der Waals surface area contributed by atoms with E-state index in [1.165, 1.54) is 39.0 Å². The van der Waals surface area contributed by atoms with E-state index in [1.54, 1.807) is 11.8 Å². The van der Waals surface area contributed by atoms with E-state index in [9.17, 15) is 9.59 Å². The molecule has 0 aliphatic carbocycles. The Morgan fingerprint density at radius 1 is 0.966 bits per heavy atom. The molecule has 0 saturated carbocycles. The van der Waals surface area contributed by atoms with Gasteiger partial charge in [0.05, 0.1) is 26.9 Å². The number of fused-ring (bicyclic) bond motifs is 1. The van der Waals surface area contributed by atoms with Crippen molar-refractivity contribution in [3.05, 3.63) is 53.1 Å². The third-order valence-electron chi connectivity index (χ3n) is 4.97. The minimum atomic E-state index is -0.910. The maximum Gasteiger partial charge on any atom is 0.339 e. The van der Waals surface area contributed by atoms with Gasteiger partial charge in [-0.15, -0.1) is 0 Å². The van der Waals surface area contributed by atoms with Crippen LogP contribution in [0, 0.1) is 0 Å². The summed E-state index contributed by atoms with van der Waals surface area (Å²) in [4.78, 5) is 27.2. The van der Waals surface area contributed by atoms with E-state index < -0.39 is 12.1 Å². The molecule has 29 heavy (non-hydrogen) atoms. The van der Waals surface area contributed by atoms with Crippen LogP contribution in [0.4, 0.5) is 0 Å². The summed E-state index contributed by atoms with van der Waals surface area (Å²) in [5, 5.41) is 0. The van der Waals surface area contributed by atoms with Gasteiger partial charge in [0, 0.05) is 13.1 Å². The number of hydrogen-bond donors (Lipinski definition) is 0. The maximum atomic E-state index is 12.8. The van der Waals surface area contributed by atoms with E-state index in [0.29, 0.717) is 30.3 Å². The second-order valence-corrected chi connectivity index (χ2v) is 6.74. The van der Waals surface area contributed by atoms with Crippen LogP contribution in [0.2, 0.25) is 0 Å². The van der Waals surface area contributed by atoms with E-state index in [4.69, 9.17) is 18.9 Å². The van der Waals surface area contributed by atoms with E-state index in [2.05, 4.69) is 6.07 Å². The molecule has 0 aromatic heterocycles. The summed E-state index contributed by atoms with van der Waals surface area (Å²) in [6.45, 7) is 2.70. The van der Waals surface area contributed by atoms with Gasteiger partial charge in [0.1, 0.15) is 0 Å². The summed E-state index contributed by atoms with van der Waals surface area (Å²) in [6.07, 6.45) is -0.123. The fourth-order valence-corrected chi connectivity index (χ4v) is 3.42. The predicted octanol–water partition coefficient (Wildman–Crippen LogP) is 2.84. The monoisotopic (exact) mass is 399 g/mol. The highest BCUT2D eigenvalue weighted by Gasteiger charge is 2.28. The molecule has 0 bridgehead atoms. The first-order chi connectivity index (χ1) is 14.0. The Labute approximate surface area is 170 Å². The predicted molar refractivity (Wildman–Crippen MR) is 107 cm³/mol. The van der Waals surface area contributed by atoms with Gasteiger partial charge >= 0.3 is 5.97 Å². The van der Waals surface area contributed by atoms with Crippen LogP contribution in [0.5, 0.6) is 17.2 Å². The molecule has 0 spiro atoms. The molecule has 3 rings (SSSR count). The first kappa shape index (κ1) is 20.5. The van der Waals surface area contributed by atoms with Gasteiger partial charge in [-0.25, -0.2) is 4.79 Å². The number of ether oxygens (including phenoxy) is 4. The molecular weight excluding hydrogens is 374 g/mol. The molecule has 2 aromatic carbocycles. The van der Waals surface area contributed by atoms with Crippen molar-refractivity contribution in [2.45, 2.75) is 26.0 Å². The molecule has 0 radical (unpaired) electrons. The average molecular weight is 399 g/mol. The number of methoxy groups -OCH3 is 3. The van der Waals surface area contributed by atoms with Crippen LogP contribution in [-0.4, -0.2) is 50.8 Å². The summed E-state index contributed by atoms with van der Waals surface area (Å²) in [7, 11) is 4.41. The highest BCUT2D eigenvalue weighted by atomic mass is 16.6. The Bertz CT molecular complexity index is 885. The number of esters is 1. The van der Waals surface area contributed by atoms with E-state index in [-0.39, 0.29) is 11.5 Å². The number of rotatable bonds is 6. The number of amides is 1. The molecule has 154 valence electrons. The van der Waals surface area contributed by atoms with Crippen LogP contribution in [0.1, 0.15) is 28.4 Å². The highest BCUT2D eigenvalue weighted by Crippen LogP contribution is 2.38. The minimum absolute atomic E-state index is 0.211. The fraction of sp³-hybridized carbons (Fsp3) is 0.364. The number of carbonyl (C=O) groups excluding carboxylic acids is 2. The van der Waals surface area contributed by atoms with Gasteiger partial charge in [0.15, 0.2) is 17.6 Å². The van der Waals surface area contributed by atoms with Gasteiger partial charge in [-0.3, -0.25) is 4.79 Å². The number of benzene rings is 2. The van der Waals surface area contributed by atoms with Crippen molar-refractivity contribution >= 4 is 11.9 Å². The summed E-state index contributed by atoms with van der Waals surface area (Å²) < 4.78 is 21.2. The van der Waals surface area contributed by atoms with Crippen molar-refractivity contribution in [3.8, 4) is 17.2 Å². The zero-order chi connectivity index (χ0) is 21.0. The lowest BCUT2D eigenvalue weighted by molar-refractivity contribution is -0.140. The molecule has 1 heterocycles. The standard InChI is InChI=1S/C22H25NO6/c1-14(21(24)23-10-9-15-7-5-6-8-16(15)13-23)29-22(25)17-11-18(26-2)20(28-4)19(12-17)27-3/h5-8,11-12,14H,9-10,13H2,1-4H3/t14-/m1/s1. The molecule has 1 aliphatic rings. The van der Waals surface area contributed by atoms with E-state index >= 15 is 0 Å². The topological polar surface area (TPSA) is 74.3 Å².